The second-order valence-electron chi connectivity index (χ2n) is 7.75. The number of hydrogen-bond donors (Lipinski definition) is 0. The monoisotopic (exact) mass is 465 g/mol. The molecule has 32 heavy (non-hydrogen) atoms. The number of anilines is 1. The summed E-state index contributed by atoms with van der Waals surface area (Å²) < 4.78 is 72.4. The molecule has 0 atom stereocenters. The summed E-state index contributed by atoms with van der Waals surface area (Å²) in [5.41, 5.74) is 1.61. The Morgan fingerprint density at radius 3 is 2.31 bits per heavy atom. The topological polar surface area (TPSA) is 66.7 Å². The minimum atomic E-state index is -4.42. The number of benzene rings is 2. The van der Waals surface area contributed by atoms with Crippen LogP contribution in [0.25, 0.3) is 11.3 Å². The van der Waals surface area contributed by atoms with Crippen LogP contribution >= 0.6 is 0 Å². The van der Waals surface area contributed by atoms with Crippen molar-refractivity contribution < 1.29 is 26.1 Å². The molecule has 0 radical (unpaired) electrons. The fraction of sp³-hybridized carbons (Fsp3) is 0.318. The molecule has 0 N–H and O–H groups in total. The van der Waals surface area contributed by atoms with E-state index in [1.54, 1.807) is 49.1 Å². The number of aryl methyl sites for hydroxylation is 2. The first-order valence-electron chi connectivity index (χ1n) is 10.0. The number of hydrogen-bond acceptors (Lipinski definition) is 5. The quantitative estimate of drug-likeness (QED) is 0.568. The molecule has 170 valence electrons. The molecule has 1 saturated heterocycles. The Hall–Kier alpha value is -2.85. The van der Waals surface area contributed by atoms with Crippen LogP contribution in [0.1, 0.15) is 16.8 Å². The van der Waals surface area contributed by atoms with Gasteiger partial charge in [0.25, 0.3) is 0 Å². The molecule has 3 aromatic rings. The van der Waals surface area contributed by atoms with Crippen LogP contribution in [0.15, 0.2) is 57.9 Å². The van der Waals surface area contributed by atoms with Crippen molar-refractivity contribution in [2.24, 2.45) is 0 Å². The number of halogens is 3. The number of alkyl halides is 3. The van der Waals surface area contributed by atoms with Crippen LogP contribution in [0.2, 0.25) is 0 Å². The van der Waals surface area contributed by atoms with Crippen molar-refractivity contribution in [3.63, 3.8) is 0 Å². The van der Waals surface area contributed by atoms with Crippen LogP contribution in [0.3, 0.4) is 0 Å². The number of piperazine rings is 1. The zero-order valence-electron chi connectivity index (χ0n) is 17.6. The maximum atomic E-state index is 13.3. The Morgan fingerprint density at radius 1 is 0.969 bits per heavy atom. The third kappa shape index (κ3) is 4.37. The summed E-state index contributed by atoms with van der Waals surface area (Å²) in [7, 11) is -3.79. The van der Waals surface area contributed by atoms with Gasteiger partial charge in [-0.1, -0.05) is 23.4 Å². The van der Waals surface area contributed by atoms with Gasteiger partial charge in [-0.25, -0.2) is 8.42 Å². The fourth-order valence-corrected chi connectivity index (χ4v) is 5.41. The van der Waals surface area contributed by atoms with Crippen LogP contribution < -0.4 is 4.90 Å². The third-order valence-electron chi connectivity index (χ3n) is 5.50. The number of rotatable bonds is 4. The van der Waals surface area contributed by atoms with Crippen molar-refractivity contribution in [2.45, 2.75) is 24.9 Å². The molecule has 1 aromatic heterocycles. The highest BCUT2D eigenvalue weighted by Gasteiger charge is 2.33. The van der Waals surface area contributed by atoms with Crippen LogP contribution in [-0.2, 0) is 16.2 Å². The van der Waals surface area contributed by atoms with Gasteiger partial charge in [0.2, 0.25) is 10.0 Å². The Bertz CT molecular complexity index is 1230. The molecule has 0 amide bonds. The van der Waals surface area contributed by atoms with Gasteiger partial charge >= 0.3 is 6.18 Å². The molecule has 4 rings (SSSR count). The summed E-state index contributed by atoms with van der Waals surface area (Å²) in [5.74, 6) is 0.480. The predicted molar refractivity (Wildman–Crippen MR) is 114 cm³/mol. The molecule has 0 bridgehead atoms. The van der Waals surface area contributed by atoms with E-state index in [1.165, 1.54) is 10.4 Å². The van der Waals surface area contributed by atoms with Crippen molar-refractivity contribution in [1.29, 1.82) is 0 Å². The number of sulfonamides is 1. The zero-order valence-corrected chi connectivity index (χ0v) is 18.4. The SMILES string of the molecule is Cc1cc(-c2ccc(C)c(S(=O)(=O)N3CCN(c4cccc(C(F)(F)F)c4)CC3)c2)on1. The van der Waals surface area contributed by atoms with Gasteiger partial charge < -0.3 is 9.42 Å². The largest absolute Gasteiger partial charge is 0.416 e. The van der Waals surface area contributed by atoms with Gasteiger partial charge in [-0.3, -0.25) is 0 Å². The molecule has 0 spiro atoms. The highest BCUT2D eigenvalue weighted by atomic mass is 32.2. The van der Waals surface area contributed by atoms with Gasteiger partial charge in [0, 0.05) is 43.5 Å². The number of aromatic nitrogens is 1. The normalized spacial score (nSPS) is 15.8. The Balaban J connectivity index is 1.54. The molecule has 2 aromatic carbocycles. The molecule has 2 heterocycles. The maximum absolute atomic E-state index is 13.3. The summed E-state index contributed by atoms with van der Waals surface area (Å²) in [6, 6.07) is 11.9. The van der Waals surface area contributed by atoms with E-state index in [1.807, 2.05) is 0 Å². The summed E-state index contributed by atoms with van der Waals surface area (Å²) >= 11 is 0. The third-order valence-corrected chi connectivity index (χ3v) is 7.54. The van der Waals surface area contributed by atoms with Crippen molar-refractivity contribution in [2.75, 3.05) is 31.1 Å². The van der Waals surface area contributed by atoms with Gasteiger partial charge in [0.1, 0.15) is 0 Å². The Kier molecular flexibility index (Phi) is 5.76. The highest BCUT2D eigenvalue weighted by Crippen LogP contribution is 2.33. The van der Waals surface area contributed by atoms with Crippen molar-refractivity contribution in [3.8, 4) is 11.3 Å². The Labute approximate surface area is 184 Å². The summed E-state index contributed by atoms with van der Waals surface area (Å²) in [5, 5.41) is 3.84. The molecule has 1 fully saturated rings. The summed E-state index contributed by atoms with van der Waals surface area (Å²) in [4.78, 5) is 1.94. The molecule has 0 saturated carbocycles. The molecule has 10 heteroatoms. The van der Waals surface area contributed by atoms with Crippen molar-refractivity contribution in [3.05, 3.63) is 65.4 Å². The molecule has 0 aliphatic carbocycles. The average molecular weight is 465 g/mol. The van der Waals surface area contributed by atoms with E-state index in [4.69, 9.17) is 4.52 Å². The standard InChI is InChI=1S/C22H22F3N3O3S/c1-15-6-7-17(20-12-16(2)26-31-20)13-21(15)32(29,30)28-10-8-27(9-11-28)19-5-3-4-18(14-19)22(23,24)25/h3-7,12-14H,8-11H2,1-2H3. The minimum absolute atomic E-state index is 0.170. The van der Waals surface area contributed by atoms with Gasteiger partial charge in [-0.2, -0.15) is 17.5 Å². The van der Waals surface area contributed by atoms with Crippen LogP contribution in [-0.4, -0.2) is 44.1 Å². The smallest absolute Gasteiger partial charge is 0.369 e. The summed E-state index contributed by atoms with van der Waals surface area (Å²) in [6.45, 7) is 4.43. The van der Waals surface area contributed by atoms with Gasteiger partial charge in [0.05, 0.1) is 16.2 Å². The number of nitrogens with zero attached hydrogens (tertiary/aromatic N) is 3. The Morgan fingerprint density at radius 2 is 1.69 bits per heavy atom. The molecule has 0 unspecified atom stereocenters. The van der Waals surface area contributed by atoms with E-state index in [9.17, 15) is 21.6 Å². The van der Waals surface area contributed by atoms with Gasteiger partial charge in [-0.05, 0) is 43.7 Å². The van der Waals surface area contributed by atoms with Crippen LogP contribution in [0.5, 0.6) is 0 Å². The zero-order chi connectivity index (χ0) is 23.1. The molecule has 1 aliphatic rings. The van der Waals surface area contributed by atoms with E-state index >= 15 is 0 Å². The lowest BCUT2D eigenvalue weighted by Gasteiger charge is -2.35. The first-order valence-corrected chi connectivity index (χ1v) is 11.5. The molecule has 1 aliphatic heterocycles. The lowest BCUT2D eigenvalue weighted by Crippen LogP contribution is -2.48. The van der Waals surface area contributed by atoms with E-state index in [2.05, 4.69) is 5.16 Å². The van der Waals surface area contributed by atoms with E-state index in [0.29, 0.717) is 41.4 Å². The van der Waals surface area contributed by atoms with Gasteiger partial charge in [0.15, 0.2) is 5.76 Å². The first kappa shape index (κ1) is 22.3. The van der Waals surface area contributed by atoms with Crippen molar-refractivity contribution in [1.82, 2.24) is 9.46 Å². The summed E-state index contributed by atoms with van der Waals surface area (Å²) in [6.07, 6.45) is -4.42. The van der Waals surface area contributed by atoms with Crippen LogP contribution in [0.4, 0.5) is 18.9 Å². The van der Waals surface area contributed by atoms with E-state index in [-0.39, 0.29) is 18.0 Å². The fourth-order valence-electron chi connectivity index (χ4n) is 3.74. The van der Waals surface area contributed by atoms with E-state index in [0.717, 1.165) is 12.1 Å². The highest BCUT2D eigenvalue weighted by molar-refractivity contribution is 7.89. The first-order chi connectivity index (χ1) is 15.1. The van der Waals surface area contributed by atoms with Gasteiger partial charge in [-0.15, -0.1) is 0 Å². The second-order valence-corrected chi connectivity index (χ2v) is 9.66. The minimum Gasteiger partial charge on any atom is -0.369 e. The molecule has 6 nitrogen and oxygen atoms in total. The van der Waals surface area contributed by atoms with Crippen LogP contribution in [0, 0.1) is 13.8 Å². The lowest BCUT2D eigenvalue weighted by atomic mass is 10.1. The van der Waals surface area contributed by atoms with Crippen molar-refractivity contribution >= 4 is 15.7 Å². The average Bonchev–Trinajstić information content (AvgIpc) is 3.20. The maximum Gasteiger partial charge on any atom is 0.416 e. The van der Waals surface area contributed by atoms with E-state index < -0.39 is 21.8 Å². The molecular formula is C22H22F3N3O3S. The second kappa shape index (κ2) is 8.25. The predicted octanol–water partition coefficient (Wildman–Crippen LogP) is 4.49. The molecular weight excluding hydrogens is 443 g/mol. The lowest BCUT2D eigenvalue weighted by molar-refractivity contribution is -0.137.